The number of sulfonamides is 1. The molecule has 0 radical (unpaired) electrons. The molecule has 4 rings (SSSR count). The Labute approximate surface area is 227 Å². The van der Waals surface area contributed by atoms with Gasteiger partial charge in [-0.3, -0.25) is 4.79 Å². The Bertz CT molecular complexity index is 1540. The zero-order chi connectivity index (χ0) is 27.1. The van der Waals surface area contributed by atoms with E-state index in [1.807, 2.05) is 25.1 Å². The zero-order valence-electron chi connectivity index (χ0n) is 20.8. The van der Waals surface area contributed by atoms with Gasteiger partial charge < -0.3 is 4.74 Å². The summed E-state index contributed by atoms with van der Waals surface area (Å²) in [6.45, 7) is 2.07. The molecule has 0 fully saturated rings. The SMILES string of the molecule is Cc1ccc(S(=O)(=O)N(C)Cc2ccc(C(=O)N/N=C/c3cccc(Oc4ccc(Cl)cc4)c3)cc2)cc1. The van der Waals surface area contributed by atoms with E-state index in [1.54, 1.807) is 78.9 Å². The van der Waals surface area contributed by atoms with Crippen molar-refractivity contribution < 1.29 is 17.9 Å². The average Bonchev–Trinajstić information content (AvgIpc) is 2.91. The predicted molar refractivity (Wildman–Crippen MR) is 149 cm³/mol. The van der Waals surface area contributed by atoms with Crippen LogP contribution >= 0.6 is 11.6 Å². The van der Waals surface area contributed by atoms with E-state index in [0.29, 0.717) is 22.1 Å². The Morgan fingerprint density at radius 3 is 2.32 bits per heavy atom. The first-order valence-corrected chi connectivity index (χ1v) is 13.5. The number of rotatable bonds is 9. The van der Waals surface area contributed by atoms with Crippen LogP contribution in [0.1, 0.15) is 27.0 Å². The second kappa shape index (κ2) is 12.0. The minimum Gasteiger partial charge on any atom is -0.457 e. The standard InChI is InChI=1S/C29H26ClN3O4S/c1-21-6-16-28(17-7-21)38(35,36)33(2)20-22-8-10-24(11-9-22)29(34)32-31-19-23-4-3-5-27(18-23)37-26-14-12-25(30)13-15-26/h3-19H,20H2,1-2H3,(H,32,34)/b31-19+. The fraction of sp³-hybridized carbons (Fsp3) is 0.103. The summed E-state index contributed by atoms with van der Waals surface area (Å²) in [7, 11) is -2.09. The van der Waals surface area contributed by atoms with Gasteiger partial charge in [-0.15, -0.1) is 0 Å². The third-order valence-corrected chi connectivity index (χ3v) is 7.71. The summed E-state index contributed by atoms with van der Waals surface area (Å²) in [5.74, 6) is 0.883. The molecule has 0 aliphatic rings. The normalized spacial score (nSPS) is 11.6. The van der Waals surface area contributed by atoms with E-state index in [2.05, 4.69) is 10.5 Å². The molecule has 0 saturated heterocycles. The average molecular weight is 548 g/mol. The number of carbonyl (C=O) groups is 1. The lowest BCUT2D eigenvalue weighted by Gasteiger charge is -2.17. The van der Waals surface area contributed by atoms with Crippen LogP contribution in [0, 0.1) is 6.92 Å². The fourth-order valence-corrected chi connectivity index (χ4v) is 4.81. The lowest BCUT2D eigenvalue weighted by atomic mass is 10.1. The van der Waals surface area contributed by atoms with Crippen LogP contribution in [-0.4, -0.2) is 31.9 Å². The van der Waals surface area contributed by atoms with Gasteiger partial charge >= 0.3 is 0 Å². The predicted octanol–water partition coefficient (Wildman–Crippen LogP) is 6.03. The van der Waals surface area contributed by atoms with Gasteiger partial charge in [-0.05, 0) is 78.7 Å². The van der Waals surface area contributed by atoms with Gasteiger partial charge in [0.1, 0.15) is 11.5 Å². The van der Waals surface area contributed by atoms with Gasteiger partial charge in [0, 0.05) is 24.2 Å². The summed E-state index contributed by atoms with van der Waals surface area (Å²) < 4.78 is 32.7. The van der Waals surface area contributed by atoms with Crippen LogP contribution in [0.4, 0.5) is 0 Å². The Kier molecular flexibility index (Phi) is 8.58. The summed E-state index contributed by atoms with van der Waals surface area (Å²) in [5, 5.41) is 4.66. The molecule has 0 aromatic heterocycles. The van der Waals surface area contributed by atoms with Crippen molar-refractivity contribution in [3.8, 4) is 11.5 Å². The van der Waals surface area contributed by atoms with E-state index in [1.165, 1.54) is 17.6 Å². The number of amides is 1. The molecule has 0 spiro atoms. The maximum atomic E-state index is 12.8. The number of carbonyl (C=O) groups excluding carboxylic acids is 1. The molecule has 194 valence electrons. The lowest BCUT2D eigenvalue weighted by Crippen LogP contribution is -2.26. The number of halogens is 1. The molecule has 0 saturated carbocycles. The molecular weight excluding hydrogens is 522 g/mol. The van der Waals surface area contributed by atoms with E-state index in [9.17, 15) is 13.2 Å². The number of benzene rings is 4. The number of nitrogens with zero attached hydrogens (tertiary/aromatic N) is 2. The largest absolute Gasteiger partial charge is 0.457 e. The van der Waals surface area contributed by atoms with Crippen LogP contribution < -0.4 is 10.2 Å². The summed E-state index contributed by atoms with van der Waals surface area (Å²) in [6.07, 6.45) is 1.52. The van der Waals surface area contributed by atoms with Crippen molar-refractivity contribution in [2.75, 3.05) is 7.05 Å². The second-order valence-corrected chi connectivity index (χ2v) is 11.1. The summed E-state index contributed by atoms with van der Waals surface area (Å²) >= 11 is 5.90. The van der Waals surface area contributed by atoms with Crippen LogP contribution in [0.2, 0.25) is 5.02 Å². The van der Waals surface area contributed by atoms with Gasteiger partial charge in [0.05, 0.1) is 11.1 Å². The molecule has 9 heteroatoms. The number of hydrogen-bond acceptors (Lipinski definition) is 5. The molecule has 1 N–H and O–H groups in total. The minimum absolute atomic E-state index is 0.171. The maximum Gasteiger partial charge on any atom is 0.271 e. The van der Waals surface area contributed by atoms with Crippen molar-refractivity contribution in [2.24, 2.45) is 5.10 Å². The Morgan fingerprint density at radius 1 is 0.947 bits per heavy atom. The highest BCUT2D eigenvalue weighted by atomic mass is 35.5. The van der Waals surface area contributed by atoms with Crippen LogP contribution in [0.3, 0.4) is 0 Å². The lowest BCUT2D eigenvalue weighted by molar-refractivity contribution is 0.0955. The van der Waals surface area contributed by atoms with Gasteiger partial charge in [0.2, 0.25) is 10.0 Å². The first kappa shape index (κ1) is 27.1. The molecule has 4 aromatic carbocycles. The molecule has 7 nitrogen and oxygen atoms in total. The number of nitrogens with one attached hydrogen (secondary N) is 1. The van der Waals surface area contributed by atoms with Gasteiger partial charge in [-0.2, -0.15) is 9.41 Å². The number of hydrogen-bond donors (Lipinski definition) is 1. The van der Waals surface area contributed by atoms with Crippen LogP contribution in [-0.2, 0) is 16.6 Å². The highest BCUT2D eigenvalue weighted by Crippen LogP contribution is 2.23. The molecule has 0 unspecified atom stereocenters. The molecule has 0 aliphatic heterocycles. The molecule has 0 bridgehead atoms. The molecule has 4 aromatic rings. The monoisotopic (exact) mass is 547 g/mol. The minimum atomic E-state index is -3.62. The Balaban J connectivity index is 1.33. The van der Waals surface area contributed by atoms with Gasteiger partial charge in [-0.25, -0.2) is 13.8 Å². The van der Waals surface area contributed by atoms with E-state index in [-0.39, 0.29) is 17.3 Å². The smallest absolute Gasteiger partial charge is 0.271 e. The molecule has 0 heterocycles. The van der Waals surface area contributed by atoms with Crippen LogP contribution in [0.5, 0.6) is 11.5 Å². The molecular formula is C29H26ClN3O4S. The summed E-state index contributed by atoms with van der Waals surface area (Å²) in [4.78, 5) is 12.7. The quantitative estimate of drug-likeness (QED) is 0.205. The van der Waals surface area contributed by atoms with Crippen molar-refractivity contribution in [2.45, 2.75) is 18.4 Å². The van der Waals surface area contributed by atoms with Gasteiger partial charge in [0.25, 0.3) is 5.91 Å². The highest BCUT2D eigenvalue weighted by Gasteiger charge is 2.20. The van der Waals surface area contributed by atoms with E-state index >= 15 is 0 Å². The van der Waals surface area contributed by atoms with Crippen LogP contribution in [0.25, 0.3) is 0 Å². The van der Waals surface area contributed by atoms with Gasteiger partial charge in [0.15, 0.2) is 0 Å². The Hall–Kier alpha value is -3.98. The molecule has 1 amide bonds. The fourth-order valence-electron chi connectivity index (χ4n) is 3.52. The van der Waals surface area contributed by atoms with Crippen molar-refractivity contribution >= 4 is 33.7 Å². The van der Waals surface area contributed by atoms with Crippen molar-refractivity contribution in [1.82, 2.24) is 9.73 Å². The molecule has 0 atom stereocenters. The van der Waals surface area contributed by atoms with E-state index in [4.69, 9.17) is 16.3 Å². The van der Waals surface area contributed by atoms with E-state index in [0.717, 1.165) is 16.7 Å². The third kappa shape index (κ3) is 7.07. The third-order valence-electron chi connectivity index (χ3n) is 5.64. The van der Waals surface area contributed by atoms with Crippen molar-refractivity contribution in [3.05, 3.63) is 124 Å². The number of hydrazone groups is 1. The topological polar surface area (TPSA) is 88.1 Å². The van der Waals surface area contributed by atoms with Crippen LogP contribution in [0.15, 0.2) is 107 Å². The van der Waals surface area contributed by atoms with Crippen molar-refractivity contribution in [1.29, 1.82) is 0 Å². The van der Waals surface area contributed by atoms with Gasteiger partial charge in [-0.1, -0.05) is 53.6 Å². The number of aryl methyl sites for hydroxylation is 1. The van der Waals surface area contributed by atoms with Crippen molar-refractivity contribution in [3.63, 3.8) is 0 Å². The maximum absolute atomic E-state index is 12.8. The Morgan fingerprint density at radius 2 is 1.63 bits per heavy atom. The first-order valence-electron chi connectivity index (χ1n) is 11.7. The van der Waals surface area contributed by atoms with E-state index < -0.39 is 10.0 Å². The summed E-state index contributed by atoms with van der Waals surface area (Å²) in [5.41, 5.74) is 5.38. The number of ether oxygens (including phenoxy) is 1. The second-order valence-electron chi connectivity index (χ2n) is 8.60. The summed E-state index contributed by atoms with van der Waals surface area (Å²) in [6, 6.07) is 27.7. The molecule has 0 aliphatic carbocycles. The first-order chi connectivity index (χ1) is 18.2. The highest BCUT2D eigenvalue weighted by molar-refractivity contribution is 7.89. The zero-order valence-corrected chi connectivity index (χ0v) is 22.4. The molecule has 38 heavy (non-hydrogen) atoms.